The van der Waals surface area contributed by atoms with Gasteiger partial charge in [-0.1, -0.05) is 24.3 Å². The first-order valence-corrected chi connectivity index (χ1v) is 15.0. The first kappa shape index (κ1) is 30.0. The van der Waals surface area contributed by atoms with E-state index in [0.29, 0.717) is 56.8 Å². The number of hydrogen-bond acceptors (Lipinski definition) is 6. The second-order valence-electron chi connectivity index (χ2n) is 11.4. The molecule has 0 saturated heterocycles. The molecule has 9 heteroatoms. The van der Waals surface area contributed by atoms with Crippen molar-refractivity contribution >= 4 is 33.2 Å². The Hall–Kier alpha value is -7.64. The van der Waals surface area contributed by atoms with Gasteiger partial charge in [-0.25, -0.2) is 24.6 Å². The van der Waals surface area contributed by atoms with Crippen molar-refractivity contribution in [2.24, 2.45) is 0 Å². The average Bonchev–Trinajstić information content (AvgIpc) is 3.46. The SMILES string of the molecule is [C-]#[N+]c1cc(C#N)cc(-c2ccc3c4ccc(-c5cc(C#N)cc([N+]#[C-])c5)cc4n(-c4cc(C#N)ccc4-c4nc(C)nc(C)n4)c3c2)c1. The van der Waals surface area contributed by atoms with E-state index in [2.05, 4.69) is 47.4 Å². The minimum atomic E-state index is 0.363. The molecule has 0 atom stereocenters. The van der Waals surface area contributed by atoms with Gasteiger partial charge < -0.3 is 4.57 Å². The Morgan fingerprint density at radius 3 is 1.53 bits per heavy atom. The molecule has 0 radical (unpaired) electrons. The summed E-state index contributed by atoms with van der Waals surface area (Å²) < 4.78 is 2.07. The lowest BCUT2D eigenvalue weighted by molar-refractivity contribution is 0.926. The second kappa shape index (κ2) is 11.9. The number of rotatable bonds is 4. The van der Waals surface area contributed by atoms with Gasteiger partial charge in [0, 0.05) is 27.5 Å². The Morgan fingerprint density at radius 1 is 0.551 bits per heavy atom. The molecule has 0 saturated carbocycles. The highest BCUT2D eigenvalue weighted by molar-refractivity contribution is 6.11. The third kappa shape index (κ3) is 5.35. The summed E-state index contributed by atoms with van der Waals surface area (Å²) in [5, 5.41) is 31.2. The maximum atomic E-state index is 10.0. The molecular formula is C40H21N9. The van der Waals surface area contributed by atoms with Crippen LogP contribution in [0.15, 0.2) is 91.0 Å². The van der Waals surface area contributed by atoms with Crippen molar-refractivity contribution < 1.29 is 0 Å². The number of aryl methyl sites for hydroxylation is 2. The van der Waals surface area contributed by atoms with E-state index >= 15 is 0 Å². The number of aromatic nitrogens is 4. The molecule has 5 aromatic carbocycles. The molecule has 2 aromatic heterocycles. The molecule has 0 spiro atoms. The highest BCUT2D eigenvalue weighted by Gasteiger charge is 2.20. The zero-order chi connectivity index (χ0) is 34.2. The predicted molar refractivity (Wildman–Crippen MR) is 187 cm³/mol. The molecule has 0 aliphatic heterocycles. The molecule has 0 amide bonds. The van der Waals surface area contributed by atoms with Crippen molar-refractivity contribution in [3.63, 3.8) is 0 Å². The number of hydrogen-bond donors (Lipinski definition) is 0. The molecule has 0 aliphatic carbocycles. The molecule has 2 heterocycles. The molecule has 7 rings (SSSR count). The van der Waals surface area contributed by atoms with Crippen molar-refractivity contribution in [2.45, 2.75) is 13.8 Å². The van der Waals surface area contributed by atoms with Crippen LogP contribution < -0.4 is 0 Å². The summed E-state index contributed by atoms with van der Waals surface area (Å²) >= 11 is 0. The Labute approximate surface area is 281 Å². The quantitative estimate of drug-likeness (QED) is 0.179. The zero-order valence-corrected chi connectivity index (χ0v) is 26.2. The minimum absolute atomic E-state index is 0.363. The van der Waals surface area contributed by atoms with Crippen LogP contribution in [0.4, 0.5) is 11.4 Å². The van der Waals surface area contributed by atoms with Crippen molar-refractivity contribution in [3.8, 4) is 57.5 Å². The van der Waals surface area contributed by atoms with Crippen LogP contribution in [0.3, 0.4) is 0 Å². The molecule has 7 aromatic rings. The first-order valence-electron chi connectivity index (χ1n) is 15.0. The Kier molecular flexibility index (Phi) is 7.32. The molecule has 0 fully saturated rings. The van der Waals surface area contributed by atoms with Gasteiger partial charge in [-0.2, -0.15) is 15.8 Å². The van der Waals surface area contributed by atoms with Crippen LogP contribution in [0.25, 0.3) is 70.8 Å². The van der Waals surface area contributed by atoms with Crippen LogP contribution in [0.5, 0.6) is 0 Å². The number of fused-ring (bicyclic) bond motifs is 3. The van der Waals surface area contributed by atoms with Crippen LogP contribution in [-0.4, -0.2) is 19.5 Å². The zero-order valence-electron chi connectivity index (χ0n) is 26.2. The summed E-state index contributed by atoms with van der Waals surface area (Å²) in [6.07, 6.45) is 0. The Balaban J connectivity index is 1.60. The summed E-state index contributed by atoms with van der Waals surface area (Å²) in [7, 11) is 0. The lowest BCUT2D eigenvalue weighted by atomic mass is 9.99. The van der Waals surface area contributed by atoms with Crippen LogP contribution in [0.1, 0.15) is 28.3 Å². The van der Waals surface area contributed by atoms with Crippen molar-refractivity contribution in [1.82, 2.24) is 19.5 Å². The third-order valence-electron chi connectivity index (χ3n) is 8.25. The lowest BCUT2D eigenvalue weighted by Crippen LogP contribution is -2.04. The third-order valence-corrected chi connectivity index (χ3v) is 8.25. The van der Waals surface area contributed by atoms with E-state index in [1.807, 2.05) is 48.5 Å². The molecule has 0 bridgehead atoms. The van der Waals surface area contributed by atoms with Crippen LogP contribution in [0, 0.1) is 61.0 Å². The molecular weight excluding hydrogens is 607 g/mol. The lowest BCUT2D eigenvalue weighted by Gasteiger charge is -2.15. The normalized spacial score (nSPS) is 10.6. The standard InChI is InChI=1S/C40H21N9/c1-23-46-24(2)48-40(47-23)36-8-5-25(20-41)15-37(36)49-38-18-28(30-11-26(21-42)13-32(16-30)44-3)6-9-34(38)35-10-7-29(19-39(35)49)31-12-27(22-43)14-33(17-31)45-4/h5-19H,1-2H3. The van der Waals surface area contributed by atoms with Crippen LogP contribution in [0.2, 0.25) is 0 Å². The maximum absolute atomic E-state index is 10.0. The largest absolute Gasteiger partial charge is 0.308 e. The minimum Gasteiger partial charge on any atom is -0.308 e. The summed E-state index contributed by atoms with van der Waals surface area (Å²) in [5.74, 6) is 1.58. The molecule has 49 heavy (non-hydrogen) atoms. The first-order chi connectivity index (χ1) is 23.8. The van der Waals surface area contributed by atoms with Crippen LogP contribution >= 0.6 is 0 Å². The van der Waals surface area contributed by atoms with E-state index in [1.54, 1.807) is 56.3 Å². The van der Waals surface area contributed by atoms with Gasteiger partial charge in [-0.3, -0.25) is 0 Å². The van der Waals surface area contributed by atoms with E-state index in [1.165, 1.54) is 0 Å². The van der Waals surface area contributed by atoms with Gasteiger partial charge >= 0.3 is 0 Å². The number of nitrogens with zero attached hydrogens (tertiary/aromatic N) is 9. The highest BCUT2D eigenvalue weighted by atomic mass is 15.0. The van der Waals surface area contributed by atoms with Gasteiger partial charge in [0.2, 0.25) is 0 Å². The molecule has 0 aliphatic rings. The summed E-state index contributed by atoms with van der Waals surface area (Å²) in [4.78, 5) is 20.8. The van der Waals surface area contributed by atoms with Gasteiger partial charge in [-0.05, 0) is 103 Å². The molecule has 0 unspecified atom stereocenters. The Bertz CT molecular complexity index is 2540. The molecule has 0 N–H and O–H groups in total. The fourth-order valence-electron chi connectivity index (χ4n) is 6.16. The van der Waals surface area contributed by atoms with Crippen molar-refractivity contribution in [2.75, 3.05) is 0 Å². The van der Waals surface area contributed by atoms with Crippen LogP contribution in [-0.2, 0) is 0 Å². The van der Waals surface area contributed by atoms with Gasteiger partial charge in [0.05, 0.1) is 53.6 Å². The summed E-state index contributed by atoms with van der Waals surface area (Å²) in [6.45, 7) is 18.8. The van der Waals surface area contributed by atoms with Gasteiger partial charge in [-0.15, -0.1) is 0 Å². The van der Waals surface area contributed by atoms with E-state index in [9.17, 15) is 15.8 Å². The van der Waals surface area contributed by atoms with Crippen molar-refractivity contribution in [3.05, 3.63) is 142 Å². The van der Waals surface area contributed by atoms with E-state index in [-0.39, 0.29) is 0 Å². The van der Waals surface area contributed by atoms with Crippen molar-refractivity contribution in [1.29, 1.82) is 15.8 Å². The van der Waals surface area contributed by atoms with Gasteiger partial charge in [0.1, 0.15) is 11.6 Å². The number of nitriles is 3. The fourth-order valence-corrected chi connectivity index (χ4v) is 6.16. The smallest absolute Gasteiger partial charge is 0.189 e. The average molecular weight is 628 g/mol. The highest BCUT2D eigenvalue weighted by Crippen LogP contribution is 2.40. The van der Waals surface area contributed by atoms with E-state index < -0.39 is 0 Å². The fraction of sp³-hybridized carbons (Fsp3) is 0.0500. The maximum Gasteiger partial charge on any atom is 0.189 e. The Morgan fingerprint density at radius 2 is 1.06 bits per heavy atom. The molecule has 226 valence electrons. The van der Waals surface area contributed by atoms with Gasteiger partial charge in [0.25, 0.3) is 0 Å². The van der Waals surface area contributed by atoms with E-state index in [4.69, 9.17) is 13.1 Å². The topological polar surface area (TPSA) is 124 Å². The molecule has 9 nitrogen and oxygen atoms in total. The van der Waals surface area contributed by atoms with Gasteiger partial charge in [0.15, 0.2) is 17.2 Å². The summed E-state index contributed by atoms with van der Waals surface area (Å²) in [5.41, 5.74) is 7.95. The second-order valence-corrected chi connectivity index (χ2v) is 11.4. The predicted octanol–water partition coefficient (Wildman–Crippen LogP) is 9.30. The summed E-state index contributed by atoms with van der Waals surface area (Å²) in [6, 6.07) is 34.1. The van der Waals surface area contributed by atoms with E-state index in [0.717, 1.165) is 44.1 Å². The monoisotopic (exact) mass is 627 g/mol. The number of benzene rings is 5.